The minimum atomic E-state index is -1.06. The molecule has 0 heterocycles. The summed E-state index contributed by atoms with van der Waals surface area (Å²) in [5, 5.41) is 8.35. The zero-order valence-electron chi connectivity index (χ0n) is 10.9. The van der Waals surface area contributed by atoms with Crippen LogP contribution in [-0.4, -0.2) is 36.2 Å². The highest BCUT2D eigenvalue weighted by Crippen LogP contribution is 1.99. The van der Waals surface area contributed by atoms with Crippen LogP contribution >= 0.6 is 0 Å². The SMILES string of the molecule is C=C(C=CC(=O)OCCCC)C(=O)OCCC(=O)O. The summed E-state index contributed by atoms with van der Waals surface area (Å²) in [6, 6.07) is 0. The van der Waals surface area contributed by atoms with E-state index >= 15 is 0 Å². The maximum absolute atomic E-state index is 11.3. The van der Waals surface area contributed by atoms with Crippen molar-refractivity contribution in [2.24, 2.45) is 0 Å². The van der Waals surface area contributed by atoms with Crippen LogP contribution < -0.4 is 0 Å². The van der Waals surface area contributed by atoms with Gasteiger partial charge in [-0.1, -0.05) is 19.9 Å². The number of hydrogen-bond acceptors (Lipinski definition) is 5. The summed E-state index contributed by atoms with van der Waals surface area (Å²) in [6.07, 6.45) is 3.67. The molecule has 0 aliphatic carbocycles. The summed E-state index contributed by atoms with van der Waals surface area (Å²) in [5.74, 6) is -2.39. The Morgan fingerprint density at radius 2 is 1.84 bits per heavy atom. The van der Waals surface area contributed by atoms with Crippen LogP contribution in [-0.2, 0) is 23.9 Å². The highest BCUT2D eigenvalue weighted by Gasteiger charge is 2.07. The molecule has 0 aromatic carbocycles. The second-order valence-electron chi connectivity index (χ2n) is 3.66. The maximum Gasteiger partial charge on any atom is 0.337 e. The van der Waals surface area contributed by atoms with Crippen LogP contribution in [0.2, 0.25) is 0 Å². The molecule has 0 bridgehead atoms. The molecule has 0 saturated carbocycles. The van der Waals surface area contributed by atoms with E-state index in [1.54, 1.807) is 0 Å². The van der Waals surface area contributed by atoms with Gasteiger partial charge in [0.1, 0.15) is 6.61 Å². The molecule has 106 valence electrons. The van der Waals surface area contributed by atoms with Gasteiger partial charge in [-0.3, -0.25) is 4.79 Å². The van der Waals surface area contributed by atoms with Crippen molar-refractivity contribution in [1.29, 1.82) is 0 Å². The Labute approximate surface area is 111 Å². The van der Waals surface area contributed by atoms with Gasteiger partial charge < -0.3 is 14.6 Å². The Balaban J connectivity index is 3.96. The van der Waals surface area contributed by atoms with Gasteiger partial charge >= 0.3 is 17.9 Å². The van der Waals surface area contributed by atoms with Gasteiger partial charge in [0.2, 0.25) is 0 Å². The van der Waals surface area contributed by atoms with Crippen LogP contribution in [0.3, 0.4) is 0 Å². The van der Waals surface area contributed by atoms with E-state index in [1.165, 1.54) is 6.08 Å². The third kappa shape index (κ3) is 9.58. The first kappa shape index (κ1) is 16.9. The Morgan fingerprint density at radius 1 is 1.16 bits per heavy atom. The van der Waals surface area contributed by atoms with E-state index in [2.05, 4.69) is 11.3 Å². The fraction of sp³-hybridized carbons (Fsp3) is 0.462. The topological polar surface area (TPSA) is 89.9 Å². The first-order chi connectivity index (χ1) is 8.97. The molecule has 0 fully saturated rings. The molecule has 0 saturated heterocycles. The number of unbranched alkanes of at least 4 members (excludes halogenated alkanes) is 1. The molecule has 0 aliphatic rings. The Hall–Kier alpha value is -2.11. The predicted octanol–water partition coefficient (Wildman–Crippen LogP) is 1.46. The van der Waals surface area contributed by atoms with Crippen molar-refractivity contribution in [3.8, 4) is 0 Å². The largest absolute Gasteiger partial charge is 0.481 e. The van der Waals surface area contributed by atoms with Gasteiger partial charge in [0.15, 0.2) is 0 Å². The van der Waals surface area contributed by atoms with Crippen molar-refractivity contribution in [1.82, 2.24) is 0 Å². The molecule has 0 radical (unpaired) electrons. The molecule has 0 aromatic rings. The molecule has 0 aromatic heterocycles. The van der Waals surface area contributed by atoms with E-state index in [-0.39, 0.29) is 18.6 Å². The smallest absolute Gasteiger partial charge is 0.337 e. The van der Waals surface area contributed by atoms with Crippen LogP contribution in [0.5, 0.6) is 0 Å². The lowest BCUT2D eigenvalue weighted by molar-refractivity contribution is -0.143. The molecule has 0 amide bonds. The van der Waals surface area contributed by atoms with Crippen molar-refractivity contribution in [2.75, 3.05) is 13.2 Å². The van der Waals surface area contributed by atoms with Crippen LogP contribution in [0.15, 0.2) is 24.3 Å². The molecule has 0 atom stereocenters. The van der Waals surface area contributed by atoms with E-state index in [9.17, 15) is 14.4 Å². The molecular weight excluding hydrogens is 252 g/mol. The molecule has 6 heteroatoms. The molecule has 0 spiro atoms. The first-order valence-electron chi connectivity index (χ1n) is 5.90. The van der Waals surface area contributed by atoms with Crippen LogP contribution in [0.25, 0.3) is 0 Å². The second-order valence-corrected chi connectivity index (χ2v) is 3.66. The lowest BCUT2D eigenvalue weighted by Gasteiger charge is -2.02. The summed E-state index contributed by atoms with van der Waals surface area (Å²) >= 11 is 0. The highest BCUT2D eigenvalue weighted by atomic mass is 16.5. The third-order valence-electron chi connectivity index (χ3n) is 1.97. The van der Waals surface area contributed by atoms with E-state index in [0.29, 0.717) is 6.61 Å². The van der Waals surface area contributed by atoms with Crippen LogP contribution in [0, 0.1) is 0 Å². The average Bonchev–Trinajstić information content (AvgIpc) is 2.35. The summed E-state index contributed by atoms with van der Waals surface area (Å²) in [6.45, 7) is 5.47. The lowest BCUT2D eigenvalue weighted by Crippen LogP contribution is -2.10. The first-order valence-corrected chi connectivity index (χ1v) is 5.90. The fourth-order valence-corrected chi connectivity index (χ4v) is 0.926. The zero-order chi connectivity index (χ0) is 14.7. The Morgan fingerprint density at radius 3 is 2.42 bits per heavy atom. The molecule has 19 heavy (non-hydrogen) atoms. The number of carboxylic acids is 1. The van der Waals surface area contributed by atoms with Crippen molar-refractivity contribution in [3.63, 3.8) is 0 Å². The number of carbonyl (C=O) groups excluding carboxylic acids is 2. The molecule has 6 nitrogen and oxygen atoms in total. The molecule has 0 aliphatic heterocycles. The van der Waals surface area contributed by atoms with Gasteiger partial charge in [-0.05, 0) is 12.5 Å². The summed E-state index contributed by atoms with van der Waals surface area (Å²) in [5.41, 5.74) is -0.0437. The average molecular weight is 270 g/mol. The summed E-state index contributed by atoms with van der Waals surface area (Å²) in [4.78, 5) is 32.6. The minimum Gasteiger partial charge on any atom is -0.481 e. The molecule has 0 rings (SSSR count). The van der Waals surface area contributed by atoms with E-state index in [0.717, 1.165) is 18.9 Å². The number of carbonyl (C=O) groups is 3. The Bertz CT molecular complexity index is 369. The summed E-state index contributed by atoms with van der Waals surface area (Å²) < 4.78 is 9.45. The molecule has 1 N–H and O–H groups in total. The van der Waals surface area contributed by atoms with Crippen LogP contribution in [0.4, 0.5) is 0 Å². The Kier molecular flexibility index (Phi) is 8.78. The monoisotopic (exact) mass is 270 g/mol. The number of ether oxygens (including phenoxy) is 2. The van der Waals surface area contributed by atoms with Gasteiger partial charge in [-0.2, -0.15) is 0 Å². The lowest BCUT2D eigenvalue weighted by atomic mass is 10.3. The quantitative estimate of drug-likeness (QED) is 0.295. The van der Waals surface area contributed by atoms with Gasteiger partial charge in [0.05, 0.1) is 18.6 Å². The van der Waals surface area contributed by atoms with E-state index in [1.807, 2.05) is 6.92 Å². The number of hydrogen-bond donors (Lipinski definition) is 1. The molecule has 0 unspecified atom stereocenters. The second kappa shape index (κ2) is 9.87. The number of rotatable bonds is 9. The summed E-state index contributed by atoms with van der Waals surface area (Å²) in [7, 11) is 0. The van der Waals surface area contributed by atoms with Crippen molar-refractivity contribution >= 4 is 17.9 Å². The van der Waals surface area contributed by atoms with Gasteiger partial charge in [0, 0.05) is 6.08 Å². The van der Waals surface area contributed by atoms with Crippen molar-refractivity contribution < 1.29 is 29.0 Å². The van der Waals surface area contributed by atoms with Crippen molar-refractivity contribution in [3.05, 3.63) is 24.3 Å². The molecular formula is C13H18O6. The minimum absolute atomic E-state index is 0.0437. The standard InChI is InChI=1S/C13H18O6/c1-3-4-8-18-12(16)6-5-10(2)13(17)19-9-7-11(14)15/h5-6H,2-4,7-9H2,1H3,(H,14,15). The maximum atomic E-state index is 11.3. The van der Waals surface area contributed by atoms with Gasteiger partial charge in [-0.15, -0.1) is 0 Å². The van der Waals surface area contributed by atoms with Gasteiger partial charge in [0.25, 0.3) is 0 Å². The number of aliphatic carboxylic acids is 1. The van der Waals surface area contributed by atoms with E-state index in [4.69, 9.17) is 9.84 Å². The number of esters is 2. The highest BCUT2D eigenvalue weighted by molar-refractivity contribution is 5.93. The zero-order valence-corrected chi connectivity index (χ0v) is 10.9. The predicted molar refractivity (Wildman–Crippen MR) is 67.4 cm³/mol. The van der Waals surface area contributed by atoms with Crippen LogP contribution in [0.1, 0.15) is 26.2 Å². The number of carboxylic acid groups (broad SMARTS) is 1. The fourth-order valence-electron chi connectivity index (χ4n) is 0.926. The third-order valence-corrected chi connectivity index (χ3v) is 1.97. The van der Waals surface area contributed by atoms with Gasteiger partial charge in [-0.25, -0.2) is 9.59 Å². The van der Waals surface area contributed by atoms with Crippen molar-refractivity contribution in [2.45, 2.75) is 26.2 Å². The van der Waals surface area contributed by atoms with E-state index < -0.39 is 17.9 Å². The normalized spacial score (nSPS) is 10.2.